The second-order valence-corrected chi connectivity index (χ2v) is 8.35. The monoisotopic (exact) mass is 554 g/mol. The summed E-state index contributed by atoms with van der Waals surface area (Å²) in [6, 6.07) is 8.76. The number of hydrogen-bond acceptors (Lipinski definition) is 5. The Labute approximate surface area is 198 Å². The Morgan fingerprint density at radius 3 is 2.55 bits per heavy atom. The van der Waals surface area contributed by atoms with E-state index in [1.807, 2.05) is 13.8 Å². The van der Waals surface area contributed by atoms with Crippen molar-refractivity contribution < 1.29 is 23.5 Å². The van der Waals surface area contributed by atoms with Gasteiger partial charge in [0.05, 0.1) is 22.5 Å². The number of nitrogens with zero attached hydrogens (tertiary/aromatic N) is 1. The maximum absolute atomic E-state index is 13.3. The Bertz CT molecular complexity index is 1070. The average molecular weight is 554 g/mol. The molecule has 2 aromatic carbocycles. The molecule has 2 aromatic rings. The van der Waals surface area contributed by atoms with E-state index in [1.54, 1.807) is 12.1 Å². The highest BCUT2D eigenvalue weighted by molar-refractivity contribution is 14.1. The second-order valence-electron chi connectivity index (χ2n) is 6.81. The fourth-order valence-electron chi connectivity index (χ4n) is 2.87. The standard InChI is InChI=1S/C22H20FIN2O4S/c1-4-12(2)30-19-17(24)10-13(11-18(19)29-3)9-16-20(27)25-22(31)26(21(16)28)15-7-5-14(23)6-8-15/h5-12H,4H2,1-3H3,(H,25,27,31). The van der Waals surface area contributed by atoms with Gasteiger partial charge in [0.25, 0.3) is 11.8 Å². The van der Waals surface area contributed by atoms with E-state index < -0.39 is 17.6 Å². The number of anilines is 1. The average Bonchev–Trinajstić information content (AvgIpc) is 2.73. The second kappa shape index (κ2) is 9.73. The molecule has 1 N–H and O–H groups in total. The first-order chi connectivity index (χ1) is 14.7. The molecule has 1 saturated heterocycles. The van der Waals surface area contributed by atoms with Crippen LogP contribution in [0.5, 0.6) is 11.5 Å². The summed E-state index contributed by atoms with van der Waals surface area (Å²) in [5.74, 6) is -0.557. The number of rotatable bonds is 6. The minimum atomic E-state index is -0.609. The maximum Gasteiger partial charge on any atom is 0.270 e. The van der Waals surface area contributed by atoms with Crippen LogP contribution in [0.25, 0.3) is 6.08 Å². The van der Waals surface area contributed by atoms with E-state index in [2.05, 4.69) is 27.9 Å². The first-order valence-corrected chi connectivity index (χ1v) is 10.9. The highest BCUT2D eigenvalue weighted by Crippen LogP contribution is 2.36. The zero-order chi connectivity index (χ0) is 22.7. The van der Waals surface area contributed by atoms with Gasteiger partial charge in [0.1, 0.15) is 11.4 Å². The Morgan fingerprint density at radius 2 is 1.94 bits per heavy atom. The number of carbonyl (C=O) groups excluding carboxylic acids is 2. The number of methoxy groups -OCH3 is 1. The molecule has 6 nitrogen and oxygen atoms in total. The van der Waals surface area contributed by atoms with Gasteiger partial charge < -0.3 is 9.47 Å². The lowest BCUT2D eigenvalue weighted by molar-refractivity contribution is -0.122. The summed E-state index contributed by atoms with van der Waals surface area (Å²) >= 11 is 7.28. The van der Waals surface area contributed by atoms with E-state index in [-0.39, 0.29) is 16.8 Å². The smallest absolute Gasteiger partial charge is 0.270 e. The van der Waals surface area contributed by atoms with Crippen LogP contribution in [-0.4, -0.2) is 30.1 Å². The van der Waals surface area contributed by atoms with Crippen LogP contribution in [0.1, 0.15) is 25.8 Å². The highest BCUT2D eigenvalue weighted by atomic mass is 127. The zero-order valence-electron chi connectivity index (χ0n) is 17.1. The van der Waals surface area contributed by atoms with Crippen LogP contribution in [0, 0.1) is 9.39 Å². The van der Waals surface area contributed by atoms with Crippen molar-refractivity contribution in [2.24, 2.45) is 0 Å². The normalized spacial score (nSPS) is 16.4. The number of halogens is 2. The molecule has 0 radical (unpaired) electrons. The first-order valence-electron chi connectivity index (χ1n) is 9.46. The molecule has 31 heavy (non-hydrogen) atoms. The van der Waals surface area contributed by atoms with Crippen LogP contribution in [0.2, 0.25) is 0 Å². The summed E-state index contributed by atoms with van der Waals surface area (Å²) in [7, 11) is 1.53. The van der Waals surface area contributed by atoms with Crippen LogP contribution in [0.3, 0.4) is 0 Å². The lowest BCUT2D eigenvalue weighted by Crippen LogP contribution is -2.54. The number of carbonyl (C=O) groups is 2. The Kier molecular flexibility index (Phi) is 7.26. The van der Waals surface area contributed by atoms with E-state index in [1.165, 1.54) is 37.5 Å². The van der Waals surface area contributed by atoms with Crippen LogP contribution in [0.15, 0.2) is 42.0 Å². The lowest BCUT2D eigenvalue weighted by Gasteiger charge is -2.29. The molecular weight excluding hydrogens is 534 g/mol. The number of ether oxygens (including phenoxy) is 2. The van der Waals surface area contributed by atoms with Gasteiger partial charge in [-0.15, -0.1) is 0 Å². The fraction of sp³-hybridized carbons (Fsp3) is 0.227. The van der Waals surface area contributed by atoms with Crippen molar-refractivity contribution in [2.45, 2.75) is 26.4 Å². The van der Waals surface area contributed by atoms with Crippen molar-refractivity contribution in [1.29, 1.82) is 0 Å². The summed E-state index contributed by atoms with van der Waals surface area (Å²) < 4.78 is 25.5. The van der Waals surface area contributed by atoms with Gasteiger partial charge in [-0.1, -0.05) is 6.92 Å². The molecule has 0 saturated carbocycles. The fourth-order valence-corrected chi connectivity index (χ4v) is 3.90. The molecule has 9 heteroatoms. The molecule has 1 heterocycles. The molecule has 0 aliphatic carbocycles. The van der Waals surface area contributed by atoms with Crippen LogP contribution < -0.4 is 19.7 Å². The molecule has 162 valence electrons. The molecule has 1 fully saturated rings. The lowest BCUT2D eigenvalue weighted by atomic mass is 10.1. The molecular formula is C22H20FIN2O4S. The predicted octanol–water partition coefficient (Wildman–Crippen LogP) is 4.45. The summed E-state index contributed by atoms with van der Waals surface area (Å²) in [5, 5.41) is 2.44. The molecule has 2 amide bonds. The first kappa shape index (κ1) is 23.1. The predicted molar refractivity (Wildman–Crippen MR) is 129 cm³/mol. The zero-order valence-corrected chi connectivity index (χ0v) is 20.0. The van der Waals surface area contributed by atoms with E-state index in [0.29, 0.717) is 22.7 Å². The van der Waals surface area contributed by atoms with Crippen molar-refractivity contribution >= 4 is 63.5 Å². The molecule has 1 atom stereocenters. The number of hydrogen-bond donors (Lipinski definition) is 1. The van der Waals surface area contributed by atoms with Gasteiger partial charge in [0, 0.05) is 0 Å². The van der Waals surface area contributed by atoms with Gasteiger partial charge in [-0.3, -0.25) is 19.8 Å². The number of benzene rings is 2. The number of thiocarbonyl (C=S) groups is 1. The van der Waals surface area contributed by atoms with E-state index in [4.69, 9.17) is 21.7 Å². The Morgan fingerprint density at radius 1 is 1.26 bits per heavy atom. The SMILES string of the molecule is CCC(C)Oc1c(I)cc(C=C2C(=O)NC(=S)N(c3ccc(F)cc3)C2=O)cc1OC. The van der Waals surface area contributed by atoms with Crippen molar-refractivity contribution in [1.82, 2.24) is 5.32 Å². The van der Waals surface area contributed by atoms with Gasteiger partial charge in [0.15, 0.2) is 16.6 Å². The summed E-state index contributed by atoms with van der Waals surface area (Å²) in [4.78, 5) is 26.8. The highest BCUT2D eigenvalue weighted by Gasteiger charge is 2.34. The maximum atomic E-state index is 13.3. The van der Waals surface area contributed by atoms with Crippen molar-refractivity contribution in [3.8, 4) is 11.5 Å². The molecule has 1 aliphatic heterocycles. The third-order valence-electron chi connectivity index (χ3n) is 4.64. The number of nitrogens with one attached hydrogen (secondary N) is 1. The van der Waals surface area contributed by atoms with Gasteiger partial charge in [-0.2, -0.15) is 0 Å². The third kappa shape index (κ3) is 5.04. The topological polar surface area (TPSA) is 67.9 Å². The number of amides is 2. The largest absolute Gasteiger partial charge is 0.493 e. The van der Waals surface area contributed by atoms with Crippen molar-refractivity contribution in [2.75, 3.05) is 12.0 Å². The summed E-state index contributed by atoms with van der Waals surface area (Å²) in [5.41, 5.74) is 0.835. The van der Waals surface area contributed by atoms with Gasteiger partial charge >= 0.3 is 0 Å². The minimum Gasteiger partial charge on any atom is -0.493 e. The van der Waals surface area contributed by atoms with Gasteiger partial charge in [-0.05, 0) is 96.2 Å². The molecule has 0 aromatic heterocycles. The van der Waals surface area contributed by atoms with Crippen LogP contribution >= 0.6 is 34.8 Å². The molecule has 0 spiro atoms. The van der Waals surface area contributed by atoms with Gasteiger partial charge in [-0.25, -0.2) is 4.39 Å². The molecule has 3 rings (SSSR count). The summed E-state index contributed by atoms with van der Waals surface area (Å²) in [6.07, 6.45) is 2.30. The van der Waals surface area contributed by atoms with Crippen molar-refractivity contribution in [3.63, 3.8) is 0 Å². The minimum absolute atomic E-state index is 0.00241. The van der Waals surface area contributed by atoms with E-state index in [0.717, 1.165) is 14.9 Å². The van der Waals surface area contributed by atoms with Crippen molar-refractivity contribution in [3.05, 3.63) is 56.9 Å². The Hall–Kier alpha value is -2.53. The summed E-state index contributed by atoms with van der Waals surface area (Å²) in [6.45, 7) is 3.98. The van der Waals surface area contributed by atoms with Gasteiger partial charge in [0.2, 0.25) is 0 Å². The molecule has 1 unspecified atom stereocenters. The van der Waals surface area contributed by atoms with E-state index >= 15 is 0 Å². The third-order valence-corrected chi connectivity index (χ3v) is 5.73. The molecule has 1 aliphatic rings. The molecule has 0 bridgehead atoms. The van der Waals surface area contributed by atoms with Crippen LogP contribution in [0.4, 0.5) is 10.1 Å². The van der Waals surface area contributed by atoms with Crippen LogP contribution in [-0.2, 0) is 9.59 Å². The Balaban J connectivity index is 2.00. The van der Waals surface area contributed by atoms with E-state index in [9.17, 15) is 14.0 Å². The quantitative estimate of drug-likeness (QED) is 0.248.